The van der Waals surface area contributed by atoms with Crippen LogP contribution in [0.5, 0.6) is 0 Å². The molecule has 25 heavy (non-hydrogen) atoms. The van der Waals surface area contributed by atoms with Crippen LogP contribution in [0.4, 0.5) is 26.3 Å². The molecule has 0 amide bonds. The van der Waals surface area contributed by atoms with Crippen LogP contribution in [0.15, 0.2) is 6.20 Å². The molecule has 0 radical (unpaired) electrons. The van der Waals surface area contributed by atoms with Gasteiger partial charge in [-0.1, -0.05) is 12.1 Å². The number of rotatable bonds is 2. The number of halogens is 6. The topological polar surface area (TPSA) is 80.0 Å². The molecule has 3 aliphatic rings. The third-order valence-electron chi connectivity index (χ3n) is 4.11. The lowest BCUT2D eigenvalue weighted by molar-refractivity contribution is -0.192. The van der Waals surface area contributed by atoms with Gasteiger partial charge in [0, 0.05) is 11.6 Å². The number of nitrogens with one attached hydrogen (secondary N) is 1. The highest BCUT2D eigenvalue weighted by atomic mass is 19.4. The Bertz CT molecular complexity index is 621. The van der Waals surface area contributed by atoms with Crippen LogP contribution in [0.25, 0.3) is 0 Å². The Kier molecular flexibility index (Phi) is 5.04. The fourth-order valence-electron chi connectivity index (χ4n) is 3.39. The summed E-state index contributed by atoms with van der Waals surface area (Å²) in [6.07, 6.45) is -5.33. The van der Waals surface area contributed by atoms with Gasteiger partial charge in [0.1, 0.15) is 0 Å². The van der Waals surface area contributed by atoms with Crippen molar-refractivity contribution in [3.8, 4) is 0 Å². The molecule has 3 fully saturated rings. The van der Waals surface area contributed by atoms with E-state index in [0.717, 1.165) is 25.5 Å². The van der Waals surface area contributed by atoms with Gasteiger partial charge < -0.3 is 10.4 Å². The number of hydrogen-bond acceptors (Lipinski definition) is 4. The molecule has 142 valence electrons. The number of hydrogen-bond donors (Lipinski definition) is 2. The Labute approximate surface area is 138 Å². The molecule has 3 heterocycles. The van der Waals surface area contributed by atoms with Crippen LogP contribution in [-0.2, 0) is 17.5 Å². The minimum atomic E-state index is -5.08. The van der Waals surface area contributed by atoms with Gasteiger partial charge >= 0.3 is 18.3 Å². The molecule has 4 rings (SSSR count). The lowest BCUT2D eigenvalue weighted by atomic mass is 9.66. The second kappa shape index (κ2) is 6.46. The molecule has 2 aliphatic heterocycles. The van der Waals surface area contributed by atoms with E-state index >= 15 is 0 Å². The molecular formula is C13H16F6N4O2. The summed E-state index contributed by atoms with van der Waals surface area (Å²) in [6.45, 7) is 2.65. The minimum Gasteiger partial charge on any atom is -0.475 e. The summed E-state index contributed by atoms with van der Waals surface area (Å²) in [5.74, 6) is -2.14. The van der Waals surface area contributed by atoms with Crippen LogP contribution in [-0.4, -0.2) is 43.8 Å². The predicted molar refractivity (Wildman–Crippen MR) is 71.4 cm³/mol. The Morgan fingerprint density at radius 1 is 1.36 bits per heavy atom. The maximum atomic E-state index is 12.4. The molecule has 2 N–H and O–H groups in total. The van der Waals surface area contributed by atoms with E-state index in [1.54, 1.807) is 0 Å². The van der Waals surface area contributed by atoms with Crippen molar-refractivity contribution in [2.24, 2.45) is 5.92 Å². The third-order valence-corrected chi connectivity index (χ3v) is 4.11. The first-order valence-electron chi connectivity index (χ1n) is 7.36. The Balaban J connectivity index is 0.000000277. The quantitative estimate of drug-likeness (QED) is 0.778. The largest absolute Gasteiger partial charge is 0.490 e. The molecule has 2 bridgehead atoms. The highest BCUT2D eigenvalue weighted by Gasteiger charge is 2.49. The molecule has 2 saturated heterocycles. The monoisotopic (exact) mass is 374 g/mol. The first-order chi connectivity index (χ1) is 11.3. The van der Waals surface area contributed by atoms with Gasteiger partial charge in [-0.25, -0.2) is 4.79 Å². The first kappa shape index (κ1) is 19.5. The van der Waals surface area contributed by atoms with Gasteiger partial charge in [-0.05, 0) is 25.2 Å². The molecule has 1 aromatic heterocycles. The molecule has 0 spiro atoms. The molecule has 6 nitrogen and oxygen atoms in total. The van der Waals surface area contributed by atoms with Gasteiger partial charge in [0.15, 0.2) is 5.69 Å². The second-order valence-corrected chi connectivity index (χ2v) is 6.47. The number of fused-ring (bicyclic) bond motifs is 2. The van der Waals surface area contributed by atoms with E-state index in [-0.39, 0.29) is 5.54 Å². The number of aliphatic carboxylic acids is 1. The zero-order valence-corrected chi connectivity index (χ0v) is 13.0. The van der Waals surface area contributed by atoms with E-state index in [1.807, 2.05) is 0 Å². The second-order valence-electron chi connectivity index (χ2n) is 6.47. The number of piperidine rings is 1. The van der Waals surface area contributed by atoms with Crippen molar-refractivity contribution in [1.29, 1.82) is 0 Å². The van der Waals surface area contributed by atoms with Crippen LogP contribution < -0.4 is 5.32 Å². The zero-order valence-electron chi connectivity index (χ0n) is 13.0. The van der Waals surface area contributed by atoms with E-state index in [2.05, 4.69) is 22.6 Å². The van der Waals surface area contributed by atoms with Crippen molar-refractivity contribution in [2.45, 2.75) is 56.7 Å². The molecule has 3 atom stereocenters. The lowest BCUT2D eigenvalue weighted by Gasteiger charge is -2.56. The Hall–Kier alpha value is -1.85. The molecule has 0 aromatic carbocycles. The number of carboxylic acids is 1. The molecule has 1 aliphatic carbocycles. The van der Waals surface area contributed by atoms with Gasteiger partial charge in [0.05, 0.1) is 12.7 Å². The molecule has 12 heteroatoms. The fourth-order valence-corrected chi connectivity index (χ4v) is 3.39. The highest BCUT2D eigenvalue weighted by molar-refractivity contribution is 5.73. The van der Waals surface area contributed by atoms with Crippen LogP contribution in [0.1, 0.15) is 31.9 Å². The highest BCUT2D eigenvalue weighted by Crippen LogP contribution is 2.42. The standard InChI is InChI=1S/C11H15F3N4.C2HF3O2/c1-7-2-8-4-10(3-7,15-8)6-18-5-9(16-17-18)11(12,13)14;3-2(4,5)1(6)7/h5,7-8,15H,2-4,6H2,1H3;(H,6,7). The molecule has 3 unspecified atom stereocenters. The normalized spacial score (nSPS) is 28.6. The predicted octanol–water partition coefficient (Wildman–Crippen LogP) is 2.46. The number of aromatic nitrogens is 3. The third kappa shape index (κ3) is 4.83. The van der Waals surface area contributed by atoms with Gasteiger partial charge in [0.25, 0.3) is 0 Å². The average Bonchev–Trinajstić information content (AvgIpc) is 2.84. The van der Waals surface area contributed by atoms with Gasteiger partial charge in [0.2, 0.25) is 0 Å². The number of carboxylic acid groups (broad SMARTS) is 1. The van der Waals surface area contributed by atoms with Crippen LogP contribution in [0.2, 0.25) is 0 Å². The summed E-state index contributed by atoms with van der Waals surface area (Å²) >= 11 is 0. The van der Waals surface area contributed by atoms with Crippen molar-refractivity contribution in [2.75, 3.05) is 0 Å². The van der Waals surface area contributed by atoms with Crippen molar-refractivity contribution < 1.29 is 36.2 Å². The minimum absolute atomic E-state index is 0.0705. The van der Waals surface area contributed by atoms with E-state index in [0.29, 0.717) is 18.5 Å². The number of alkyl halides is 6. The van der Waals surface area contributed by atoms with Crippen LogP contribution in [0.3, 0.4) is 0 Å². The van der Waals surface area contributed by atoms with E-state index < -0.39 is 24.0 Å². The van der Waals surface area contributed by atoms with Crippen molar-refractivity contribution in [3.05, 3.63) is 11.9 Å². The SMILES string of the molecule is CC1CC2CC(Cn3cc(C(F)(F)F)nn3)(C1)N2.O=C(O)C(F)(F)F. The zero-order chi connectivity index (χ0) is 19.0. The van der Waals surface area contributed by atoms with Crippen LogP contribution >= 0.6 is 0 Å². The smallest absolute Gasteiger partial charge is 0.475 e. The Morgan fingerprint density at radius 2 is 1.92 bits per heavy atom. The molecule has 1 aromatic rings. The maximum Gasteiger partial charge on any atom is 0.490 e. The van der Waals surface area contributed by atoms with Gasteiger partial charge in [-0.2, -0.15) is 26.3 Å². The number of nitrogens with zero attached hydrogens (tertiary/aromatic N) is 3. The van der Waals surface area contributed by atoms with Crippen molar-refractivity contribution in [1.82, 2.24) is 20.3 Å². The van der Waals surface area contributed by atoms with E-state index in [9.17, 15) is 26.3 Å². The summed E-state index contributed by atoms with van der Waals surface area (Å²) in [6, 6.07) is 0.527. The molecule has 1 saturated carbocycles. The number of carbonyl (C=O) groups is 1. The van der Waals surface area contributed by atoms with E-state index in [4.69, 9.17) is 9.90 Å². The first-order valence-corrected chi connectivity index (χ1v) is 7.36. The summed E-state index contributed by atoms with van der Waals surface area (Å²) in [4.78, 5) is 8.90. The van der Waals surface area contributed by atoms with Crippen molar-refractivity contribution >= 4 is 5.97 Å². The van der Waals surface area contributed by atoms with E-state index in [1.165, 1.54) is 4.68 Å². The summed E-state index contributed by atoms with van der Waals surface area (Å²) in [5.41, 5.74) is -0.988. The average molecular weight is 374 g/mol. The Morgan fingerprint density at radius 3 is 2.32 bits per heavy atom. The van der Waals surface area contributed by atoms with Gasteiger partial charge in [-0.15, -0.1) is 5.10 Å². The fraction of sp³-hybridized carbons (Fsp3) is 0.769. The van der Waals surface area contributed by atoms with Crippen molar-refractivity contribution in [3.63, 3.8) is 0 Å². The summed E-state index contributed by atoms with van der Waals surface area (Å²) in [7, 11) is 0. The lowest BCUT2D eigenvalue weighted by Crippen LogP contribution is -2.69. The summed E-state index contributed by atoms with van der Waals surface area (Å²) in [5, 5.41) is 17.3. The van der Waals surface area contributed by atoms with Crippen LogP contribution in [0, 0.1) is 5.92 Å². The maximum absolute atomic E-state index is 12.4. The summed E-state index contributed by atoms with van der Waals surface area (Å²) < 4.78 is 70.3. The molecular weight excluding hydrogens is 358 g/mol. The van der Waals surface area contributed by atoms with Gasteiger partial charge in [-0.3, -0.25) is 4.68 Å².